The highest BCUT2D eigenvalue weighted by Crippen LogP contribution is 2.23. The van der Waals surface area contributed by atoms with E-state index in [0.717, 1.165) is 25.2 Å². The van der Waals surface area contributed by atoms with Crippen LogP contribution < -0.4 is 10.5 Å². The van der Waals surface area contributed by atoms with Gasteiger partial charge in [0.2, 0.25) is 0 Å². The van der Waals surface area contributed by atoms with Crippen LogP contribution in [0.4, 0.5) is 0 Å². The highest BCUT2D eigenvalue weighted by Gasteiger charge is 2.10. The molecule has 0 amide bonds. The number of nitrogens with two attached hydrogens (primary N) is 1. The van der Waals surface area contributed by atoms with Gasteiger partial charge in [-0.05, 0) is 61.4 Å². The maximum atomic E-state index is 5.97. The zero-order valence-electron chi connectivity index (χ0n) is 14.6. The van der Waals surface area contributed by atoms with Crippen molar-refractivity contribution in [1.29, 1.82) is 0 Å². The molecule has 0 bridgehead atoms. The van der Waals surface area contributed by atoms with E-state index in [9.17, 15) is 0 Å². The molecule has 2 rings (SSSR count). The Hall–Kier alpha value is -1.80. The molecule has 0 aromatic heterocycles. The third-order valence-electron chi connectivity index (χ3n) is 4.35. The smallest absolute Gasteiger partial charge is 0.119 e. The van der Waals surface area contributed by atoms with Gasteiger partial charge in [-0.3, -0.25) is 0 Å². The predicted molar refractivity (Wildman–Crippen MR) is 98.2 cm³/mol. The van der Waals surface area contributed by atoms with Gasteiger partial charge in [0.15, 0.2) is 0 Å². The average molecular weight is 311 g/mol. The molecular formula is C21H29NO. The minimum absolute atomic E-state index is 0.415. The van der Waals surface area contributed by atoms with Crippen molar-refractivity contribution >= 4 is 0 Å². The fourth-order valence-corrected chi connectivity index (χ4v) is 2.73. The zero-order valence-corrected chi connectivity index (χ0v) is 14.6. The minimum atomic E-state index is 0.415. The summed E-state index contributed by atoms with van der Waals surface area (Å²) in [5.74, 6) is 1.93. The van der Waals surface area contributed by atoms with Crippen molar-refractivity contribution in [3.05, 3.63) is 65.2 Å². The molecule has 1 unspecified atom stereocenters. The van der Waals surface area contributed by atoms with E-state index in [-0.39, 0.29) is 0 Å². The Morgan fingerprint density at radius 3 is 2.09 bits per heavy atom. The molecule has 0 aliphatic carbocycles. The summed E-state index contributed by atoms with van der Waals surface area (Å²) in [7, 11) is 0. The number of rotatable bonds is 8. The first-order chi connectivity index (χ1) is 11.1. The van der Waals surface area contributed by atoms with E-state index in [4.69, 9.17) is 10.5 Å². The van der Waals surface area contributed by atoms with Crippen LogP contribution in [-0.2, 0) is 0 Å². The molecule has 2 aromatic carbocycles. The molecule has 0 fully saturated rings. The minimum Gasteiger partial charge on any atom is -0.494 e. The number of hydrogen-bond donors (Lipinski definition) is 1. The number of aryl methyl sites for hydroxylation is 1. The fraction of sp³-hybridized carbons (Fsp3) is 0.429. The van der Waals surface area contributed by atoms with E-state index >= 15 is 0 Å². The molecule has 0 radical (unpaired) electrons. The van der Waals surface area contributed by atoms with Crippen molar-refractivity contribution in [2.24, 2.45) is 5.73 Å². The van der Waals surface area contributed by atoms with Crippen molar-refractivity contribution < 1.29 is 4.74 Å². The van der Waals surface area contributed by atoms with E-state index in [0.29, 0.717) is 18.4 Å². The van der Waals surface area contributed by atoms with Crippen LogP contribution in [0.25, 0.3) is 0 Å². The number of benzene rings is 2. The Bertz CT molecular complexity index is 572. The molecule has 23 heavy (non-hydrogen) atoms. The largest absolute Gasteiger partial charge is 0.494 e. The summed E-state index contributed by atoms with van der Waals surface area (Å²) >= 11 is 0. The standard InChI is InChI=1S/C21H29NO/c1-16(2)18-8-10-19(11-9-18)20(15-22)5-4-14-23-21-12-6-17(3)7-13-21/h6-13,16,20H,4-5,14-15,22H2,1-3H3. The molecular weight excluding hydrogens is 282 g/mol. The molecule has 2 heteroatoms. The Kier molecular flexibility index (Phi) is 6.66. The Morgan fingerprint density at radius 2 is 1.52 bits per heavy atom. The van der Waals surface area contributed by atoms with Gasteiger partial charge >= 0.3 is 0 Å². The normalized spacial score (nSPS) is 12.4. The fourth-order valence-electron chi connectivity index (χ4n) is 2.73. The summed E-state index contributed by atoms with van der Waals surface area (Å²) in [5.41, 5.74) is 9.95. The molecule has 2 nitrogen and oxygen atoms in total. The summed E-state index contributed by atoms with van der Waals surface area (Å²) in [6.07, 6.45) is 2.07. The lowest BCUT2D eigenvalue weighted by Gasteiger charge is -2.16. The monoisotopic (exact) mass is 311 g/mol. The Morgan fingerprint density at radius 1 is 0.913 bits per heavy atom. The maximum Gasteiger partial charge on any atom is 0.119 e. The van der Waals surface area contributed by atoms with E-state index in [2.05, 4.69) is 57.2 Å². The van der Waals surface area contributed by atoms with Gasteiger partial charge in [0.1, 0.15) is 5.75 Å². The summed E-state index contributed by atoms with van der Waals surface area (Å²) in [4.78, 5) is 0. The average Bonchev–Trinajstić information content (AvgIpc) is 2.57. The molecule has 2 N–H and O–H groups in total. The molecule has 0 saturated heterocycles. The lowest BCUT2D eigenvalue weighted by atomic mass is 9.92. The number of hydrogen-bond acceptors (Lipinski definition) is 2. The lowest BCUT2D eigenvalue weighted by Crippen LogP contribution is -2.14. The van der Waals surface area contributed by atoms with Crippen molar-refractivity contribution in [3.63, 3.8) is 0 Å². The van der Waals surface area contributed by atoms with Gasteiger partial charge < -0.3 is 10.5 Å². The lowest BCUT2D eigenvalue weighted by molar-refractivity contribution is 0.301. The molecule has 0 spiro atoms. The van der Waals surface area contributed by atoms with E-state index in [1.807, 2.05) is 12.1 Å². The molecule has 1 atom stereocenters. The van der Waals surface area contributed by atoms with Crippen LogP contribution in [0.5, 0.6) is 5.75 Å². The van der Waals surface area contributed by atoms with Gasteiger partial charge in [0, 0.05) is 0 Å². The second-order valence-corrected chi connectivity index (χ2v) is 6.56. The highest BCUT2D eigenvalue weighted by molar-refractivity contribution is 5.28. The van der Waals surface area contributed by atoms with Crippen LogP contribution in [0.3, 0.4) is 0 Å². The summed E-state index contributed by atoms with van der Waals surface area (Å²) in [5, 5.41) is 0. The van der Waals surface area contributed by atoms with Gasteiger partial charge in [-0.25, -0.2) is 0 Å². The van der Waals surface area contributed by atoms with Crippen LogP contribution in [0, 0.1) is 6.92 Å². The Labute approximate surface area is 140 Å². The number of ether oxygens (including phenoxy) is 1. The quantitative estimate of drug-likeness (QED) is 0.695. The third-order valence-corrected chi connectivity index (χ3v) is 4.35. The second-order valence-electron chi connectivity index (χ2n) is 6.56. The van der Waals surface area contributed by atoms with Gasteiger partial charge in [-0.1, -0.05) is 55.8 Å². The first kappa shape index (κ1) is 17.6. The third kappa shape index (κ3) is 5.40. The summed E-state index contributed by atoms with van der Waals surface area (Å²) in [6.45, 7) is 7.95. The first-order valence-electron chi connectivity index (χ1n) is 8.59. The van der Waals surface area contributed by atoms with Crippen LogP contribution in [0.15, 0.2) is 48.5 Å². The topological polar surface area (TPSA) is 35.2 Å². The van der Waals surface area contributed by atoms with Crippen molar-refractivity contribution in [3.8, 4) is 5.75 Å². The van der Waals surface area contributed by atoms with Gasteiger partial charge in [-0.2, -0.15) is 0 Å². The van der Waals surface area contributed by atoms with Crippen LogP contribution in [0.2, 0.25) is 0 Å². The zero-order chi connectivity index (χ0) is 16.7. The molecule has 0 heterocycles. The molecule has 0 aliphatic heterocycles. The molecule has 124 valence electrons. The highest BCUT2D eigenvalue weighted by atomic mass is 16.5. The van der Waals surface area contributed by atoms with Crippen LogP contribution in [0.1, 0.15) is 55.2 Å². The molecule has 2 aromatic rings. The van der Waals surface area contributed by atoms with Crippen molar-refractivity contribution in [1.82, 2.24) is 0 Å². The predicted octanol–water partition coefficient (Wildman–Crippen LogP) is 5.02. The first-order valence-corrected chi connectivity index (χ1v) is 8.59. The van der Waals surface area contributed by atoms with Crippen LogP contribution >= 0.6 is 0 Å². The maximum absolute atomic E-state index is 5.97. The van der Waals surface area contributed by atoms with Crippen molar-refractivity contribution in [2.45, 2.75) is 45.4 Å². The van der Waals surface area contributed by atoms with E-state index < -0.39 is 0 Å². The SMILES string of the molecule is Cc1ccc(OCCCC(CN)c2ccc(C(C)C)cc2)cc1. The van der Waals surface area contributed by atoms with E-state index in [1.54, 1.807) is 0 Å². The summed E-state index contributed by atoms with van der Waals surface area (Å²) in [6, 6.07) is 17.1. The van der Waals surface area contributed by atoms with Crippen LogP contribution in [-0.4, -0.2) is 13.2 Å². The van der Waals surface area contributed by atoms with E-state index in [1.165, 1.54) is 16.7 Å². The van der Waals surface area contributed by atoms with Gasteiger partial charge in [0.05, 0.1) is 6.61 Å². The van der Waals surface area contributed by atoms with Gasteiger partial charge in [-0.15, -0.1) is 0 Å². The molecule has 0 saturated carbocycles. The summed E-state index contributed by atoms with van der Waals surface area (Å²) < 4.78 is 5.80. The van der Waals surface area contributed by atoms with Gasteiger partial charge in [0.25, 0.3) is 0 Å². The van der Waals surface area contributed by atoms with Crippen molar-refractivity contribution in [2.75, 3.05) is 13.2 Å². The second kappa shape index (κ2) is 8.73. The molecule has 0 aliphatic rings. The Balaban J connectivity index is 1.81.